The van der Waals surface area contributed by atoms with E-state index in [2.05, 4.69) is 22.3 Å². The van der Waals surface area contributed by atoms with Crippen molar-refractivity contribution in [1.29, 1.82) is 0 Å². The monoisotopic (exact) mass is 580 g/mol. The van der Waals surface area contributed by atoms with Crippen LogP contribution in [-0.4, -0.2) is 68.1 Å². The molecule has 2 aliphatic heterocycles. The second-order valence-electron chi connectivity index (χ2n) is 10.7. The molecule has 8 nitrogen and oxygen atoms in total. The van der Waals surface area contributed by atoms with E-state index >= 15 is 0 Å². The zero-order valence-electron chi connectivity index (χ0n) is 23.1. The molecular weight excluding hydrogens is 544 g/mol. The molecular formula is C30H36N4O4S2. The lowest BCUT2D eigenvalue weighted by atomic mass is 10.0. The number of fused-ring (bicyclic) bond motifs is 1. The highest BCUT2D eigenvalue weighted by Gasteiger charge is 2.30. The van der Waals surface area contributed by atoms with Gasteiger partial charge in [0.05, 0.1) is 10.5 Å². The molecule has 0 saturated carbocycles. The molecule has 2 aliphatic rings. The van der Waals surface area contributed by atoms with Crippen LogP contribution >= 0.6 is 11.3 Å². The fourth-order valence-electron chi connectivity index (χ4n) is 5.36. The molecule has 0 spiro atoms. The van der Waals surface area contributed by atoms with E-state index in [9.17, 15) is 18.0 Å². The third-order valence-corrected chi connectivity index (χ3v) is 10.6. The Morgan fingerprint density at radius 1 is 0.925 bits per heavy atom. The highest BCUT2D eigenvalue weighted by molar-refractivity contribution is 7.89. The second-order valence-corrected chi connectivity index (χ2v) is 13.7. The van der Waals surface area contributed by atoms with E-state index in [0.29, 0.717) is 35.8 Å². The summed E-state index contributed by atoms with van der Waals surface area (Å²) in [6.45, 7) is 3.41. The molecule has 0 atom stereocenters. The highest BCUT2D eigenvalue weighted by atomic mass is 32.2. The second kappa shape index (κ2) is 12.2. The maximum Gasteiger partial charge on any atom is 0.256 e. The minimum absolute atomic E-state index is 0.136. The number of thiophene rings is 1. The van der Waals surface area contributed by atoms with E-state index in [-0.39, 0.29) is 16.7 Å². The van der Waals surface area contributed by atoms with Crippen LogP contribution in [-0.2, 0) is 29.5 Å². The van der Waals surface area contributed by atoms with Gasteiger partial charge in [-0.1, -0.05) is 43.2 Å². The van der Waals surface area contributed by atoms with Gasteiger partial charge < -0.3 is 10.2 Å². The number of hydrogen-bond acceptors (Lipinski definition) is 6. The van der Waals surface area contributed by atoms with Crippen LogP contribution < -0.4 is 5.32 Å². The molecule has 2 amide bonds. The lowest BCUT2D eigenvalue weighted by molar-refractivity contribution is 0.0827. The predicted octanol–water partition coefficient (Wildman–Crippen LogP) is 4.83. The lowest BCUT2D eigenvalue weighted by Crippen LogP contribution is -2.32. The first-order valence-corrected chi connectivity index (χ1v) is 16.0. The Labute approximate surface area is 240 Å². The number of amides is 2. The zero-order chi connectivity index (χ0) is 28.3. The van der Waals surface area contributed by atoms with Crippen molar-refractivity contribution in [3.05, 3.63) is 81.7 Å². The number of carbonyl (C=O) groups excluding carboxylic acids is 2. The summed E-state index contributed by atoms with van der Waals surface area (Å²) in [5, 5.41) is 3.51. The number of anilines is 1. The zero-order valence-corrected chi connectivity index (χ0v) is 24.7. The lowest BCUT2D eigenvalue weighted by Gasteiger charge is -2.27. The Bertz CT molecular complexity index is 1460. The molecule has 5 rings (SSSR count). The van der Waals surface area contributed by atoms with Gasteiger partial charge >= 0.3 is 0 Å². The molecule has 0 bridgehead atoms. The SMILES string of the molecule is CN(C)C(=O)c1c(NC(=O)c2ccc(S(=O)(=O)N3CCCCCC3)cc2)sc2c1CCN(Cc1ccccc1)C2. The van der Waals surface area contributed by atoms with Gasteiger partial charge in [0.2, 0.25) is 10.0 Å². The number of benzene rings is 2. The first-order chi connectivity index (χ1) is 19.2. The molecule has 0 unspecified atom stereocenters. The van der Waals surface area contributed by atoms with E-state index in [1.54, 1.807) is 30.5 Å². The molecule has 1 aromatic heterocycles. The molecule has 1 N–H and O–H groups in total. The van der Waals surface area contributed by atoms with E-state index in [0.717, 1.165) is 55.6 Å². The summed E-state index contributed by atoms with van der Waals surface area (Å²) in [7, 11) is -0.167. The van der Waals surface area contributed by atoms with Gasteiger partial charge in [0.15, 0.2) is 0 Å². The van der Waals surface area contributed by atoms with Crippen LogP contribution in [0.25, 0.3) is 0 Å². The van der Waals surface area contributed by atoms with Crippen molar-refractivity contribution in [1.82, 2.24) is 14.1 Å². The average molecular weight is 581 g/mol. The Kier molecular flexibility index (Phi) is 8.70. The fourth-order valence-corrected chi connectivity index (χ4v) is 8.15. The number of nitrogens with zero attached hydrogens (tertiary/aromatic N) is 3. The number of rotatable bonds is 7. The maximum atomic E-state index is 13.3. The van der Waals surface area contributed by atoms with Crippen molar-refractivity contribution in [3.63, 3.8) is 0 Å². The number of sulfonamides is 1. The largest absolute Gasteiger partial charge is 0.345 e. The molecule has 1 saturated heterocycles. The van der Waals surface area contributed by atoms with E-state index < -0.39 is 10.0 Å². The minimum atomic E-state index is -3.60. The molecule has 2 aromatic carbocycles. The van der Waals surface area contributed by atoms with Gasteiger partial charge in [0, 0.05) is 57.3 Å². The maximum absolute atomic E-state index is 13.3. The Morgan fingerprint density at radius 3 is 2.25 bits per heavy atom. The molecule has 3 aromatic rings. The van der Waals surface area contributed by atoms with Crippen LogP contribution in [0, 0.1) is 0 Å². The molecule has 0 aliphatic carbocycles. The first-order valence-electron chi connectivity index (χ1n) is 13.8. The topological polar surface area (TPSA) is 90.0 Å². The molecule has 212 valence electrons. The highest BCUT2D eigenvalue weighted by Crippen LogP contribution is 2.38. The van der Waals surface area contributed by atoms with Crippen molar-refractivity contribution in [2.24, 2.45) is 0 Å². The normalized spacial score (nSPS) is 16.6. The summed E-state index contributed by atoms with van der Waals surface area (Å²) < 4.78 is 27.8. The Balaban J connectivity index is 1.35. The molecule has 40 heavy (non-hydrogen) atoms. The standard InChI is InChI=1S/C30H36N4O4S2/c1-32(2)30(36)27-25-16-19-33(20-22-10-6-5-7-11-22)21-26(25)39-29(27)31-28(35)23-12-14-24(15-13-23)40(37,38)34-17-8-3-4-9-18-34/h5-7,10-15H,3-4,8-9,16-21H2,1-2H3,(H,31,35). The van der Waals surface area contributed by atoms with Gasteiger partial charge in [-0.2, -0.15) is 4.31 Å². The predicted molar refractivity (Wildman–Crippen MR) is 158 cm³/mol. The van der Waals surface area contributed by atoms with Crippen LogP contribution in [0.15, 0.2) is 59.5 Å². The van der Waals surface area contributed by atoms with Crippen LogP contribution in [0.5, 0.6) is 0 Å². The Morgan fingerprint density at radius 2 is 1.60 bits per heavy atom. The van der Waals surface area contributed by atoms with Crippen molar-refractivity contribution in [2.45, 2.75) is 50.1 Å². The quantitative estimate of drug-likeness (QED) is 0.433. The third-order valence-electron chi connectivity index (χ3n) is 7.55. The summed E-state index contributed by atoms with van der Waals surface area (Å²) in [6.07, 6.45) is 4.54. The van der Waals surface area contributed by atoms with Gasteiger partial charge in [-0.05, 0) is 54.7 Å². The molecule has 3 heterocycles. The molecule has 10 heteroatoms. The van der Waals surface area contributed by atoms with Gasteiger partial charge in [-0.3, -0.25) is 14.5 Å². The van der Waals surface area contributed by atoms with E-state index in [1.165, 1.54) is 33.9 Å². The van der Waals surface area contributed by atoms with Gasteiger partial charge in [0.25, 0.3) is 11.8 Å². The molecule has 1 fully saturated rings. The van der Waals surface area contributed by atoms with Gasteiger partial charge in [-0.25, -0.2) is 8.42 Å². The van der Waals surface area contributed by atoms with Gasteiger partial charge in [-0.15, -0.1) is 11.3 Å². The van der Waals surface area contributed by atoms with E-state index in [4.69, 9.17) is 0 Å². The first kappa shape index (κ1) is 28.5. The van der Waals surface area contributed by atoms with Crippen LogP contribution in [0.4, 0.5) is 5.00 Å². The smallest absolute Gasteiger partial charge is 0.256 e. The summed E-state index contributed by atoms with van der Waals surface area (Å²) in [6, 6.07) is 16.4. The van der Waals surface area contributed by atoms with Crippen LogP contribution in [0.1, 0.15) is 62.4 Å². The minimum Gasteiger partial charge on any atom is -0.345 e. The average Bonchev–Trinajstić information content (AvgIpc) is 3.10. The number of hydrogen-bond donors (Lipinski definition) is 1. The van der Waals surface area contributed by atoms with Crippen molar-refractivity contribution < 1.29 is 18.0 Å². The van der Waals surface area contributed by atoms with Crippen LogP contribution in [0.3, 0.4) is 0 Å². The summed E-state index contributed by atoms with van der Waals surface area (Å²) >= 11 is 1.45. The summed E-state index contributed by atoms with van der Waals surface area (Å²) in [5.41, 5.74) is 3.14. The fraction of sp³-hybridized carbons (Fsp3) is 0.400. The van der Waals surface area contributed by atoms with Crippen molar-refractivity contribution in [2.75, 3.05) is 39.0 Å². The third kappa shape index (κ3) is 6.15. The Hall–Kier alpha value is -3.05. The number of nitrogens with one attached hydrogen (secondary N) is 1. The summed E-state index contributed by atoms with van der Waals surface area (Å²) in [5.74, 6) is -0.505. The number of carbonyl (C=O) groups is 2. The summed E-state index contributed by atoms with van der Waals surface area (Å²) in [4.78, 5) is 31.7. The van der Waals surface area contributed by atoms with Crippen molar-refractivity contribution in [3.8, 4) is 0 Å². The van der Waals surface area contributed by atoms with Crippen molar-refractivity contribution >= 4 is 38.2 Å². The van der Waals surface area contributed by atoms with E-state index in [1.807, 2.05) is 18.2 Å². The molecule has 0 radical (unpaired) electrons. The van der Waals surface area contributed by atoms with Crippen LogP contribution in [0.2, 0.25) is 0 Å². The van der Waals surface area contributed by atoms with Gasteiger partial charge in [0.1, 0.15) is 5.00 Å².